The first-order valence-electron chi connectivity index (χ1n) is 6.77. The number of hydrogen-bond acceptors (Lipinski definition) is 6. The van der Waals surface area contributed by atoms with E-state index in [-0.39, 0.29) is 12.2 Å². The van der Waals surface area contributed by atoms with E-state index in [1.165, 1.54) is 12.1 Å². The maximum atomic E-state index is 11.8. The number of nitrogens with two attached hydrogens (primary N) is 1. The molecule has 0 spiro atoms. The van der Waals surface area contributed by atoms with Crippen molar-refractivity contribution in [2.75, 3.05) is 13.2 Å². The van der Waals surface area contributed by atoms with Crippen molar-refractivity contribution in [1.82, 2.24) is 10.6 Å². The molecule has 0 bridgehead atoms. The number of phenolic OH excluding ortho intramolecular Hbond substituents is 1. The number of carbonyl (C=O) groups excluding carboxylic acids is 2. The van der Waals surface area contributed by atoms with Crippen LogP contribution in [0.5, 0.6) is 5.75 Å². The summed E-state index contributed by atoms with van der Waals surface area (Å²) in [6.07, 6.45) is 0.210. The molecule has 23 heavy (non-hydrogen) atoms. The van der Waals surface area contributed by atoms with Crippen LogP contribution < -0.4 is 16.4 Å². The minimum absolute atomic E-state index is 0.0975. The lowest BCUT2D eigenvalue weighted by molar-refractivity contribution is -0.142. The molecule has 0 radical (unpaired) electrons. The second-order valence-corrected chi connectivity index (χ2v) is 4.84. The molecule has 2 amide bonds. The summed E-state index contributed by atoms with van der Waals surface area (Å²) in [5, 5.41) is 30.9. The second-order valence-electron chi connectivity index (χ2n) is 4.84. The van der Waals surface area contributed by atoms with Gasteiger partial charge in [0.15, 0.2) is 0 Å². The quantitative estimate of drug-likeness (QED) is 0.320. The lowest BCUT2D eigenvalue weighted by Crippen LogP contribution is -2.50. The predicted octanol–water partition coefficient (Wildman–Crippen LogP) is -2.06. The topological polar surface area (TPSA) is 162 Å². The Balaban J connectivity index is 2.41. The first-order valence-corrected chi connectivity index (χ1v) is 6.77. The fourth-order valence-corrected chi connectivity index (χ4v) is 1.71. The number of hydrogen-bond donors (Lipinski definition) is 6. The highest BCUT2D eigenvalue weighted by atomic mass is 16.4. The zero-order valence-electron chi connectivity index (χ0n) is 12.2. The Morgan fingerprint density at radius 3 is 2.30 bits per heavy atom. The van der Waals surface area contributed by atoms with E-state index in [2.05, 4.69) is 5.32 Å². The summed E-state index contributed by atoms with van der Waals surface area (Å²) < 4.78 is 0. The van der Waals surface area contributed by atoms with Gasteiger partial charge in [0.1, 0.15) is 11.8 Å². The first kappa shape index (κ1) is 18.4. The number of carboxylic acid groups (broad SMARTS) is 1. The number of phenols is 1. The van der Waals surface area contributed by atoms with Gasteiger partial charge in [0, 0.05) is 0 Å². The van der Waals surface area contributed by atoms with Gasteiger partial charge in [0.25, 0.3) is 0 Å². The molecule has 0 aromatic heterocycles. The van der Waals surface area contributed by atoms with Gasteiger partial charge in [0.05, 0.1) is 19.2 Å². The molecule has 0 heterocycles. The molecule has 0 saturated carbocycles. The zero-order valence-corrected chi connectivity index (χ0v) is 12.2. The van der Waals surface area contributed by atoms with E-state index in [1.807, 2.05) is 5.32 Å². The minimum Gasteiger partial charge on any atom is -0.508 e. The van der Waals surface area contributed by atoms with Crippen molar-refractivity contribution < 1.29 is 29.7 Å². The third-order valence-electron chi connectivity index (χ3n) is 2.97. The zero-order chi connectivity index (χ0) is 17.4. The van der Waals surface area contributed by atoms with Crippen molar-refractivity contribution in [2.45, 2.75) is 18.5 Å². The number of amides is 2. The van der Waals surface area contributed by atoms with Crippen molar-refractivity contribution in [3.63, 3.8) is 0 Å². The van der Waals surface area contributed by atoms with E-state index in [4.69, 9.17) is 21.1 Å². The van der Waals surface area contributed by atoms with Gasteiger partial charge < -0.3 is 31.7 Å². The van der Waals surface area contributed by atoms with Crippen LogP contribution in [0.1, 0.15) is 5.56 Å². The average molecular weight is 325 g/mol. The number of carboxylic acids is 1. The third-order valence-corrected chi connectivity index (χ3v) is 2.97. The molecule has 0 unspecified atom stereocenters. The Kier molecular flexibility index (Phi) is 6.97. The van der Waals surface area contributed by atoms with Crippen molar-refractivity contribution in [1.29, 1.82) is 0 Å². The SMILES string of the molecule is N[C@@H](Cc1ccc(O)cc1)C(=O)NCC(=O)N[C@@H](CO)C(=O)O. The average Bonchev–Trinajstić information content (AvgIpc) is 2.52. The van der Waals surface area contributed by atoms with E-state index in [0.717, 1.165) is 5.56 Å². The highest BCUT2D eigenvalue weighted by Crippen LogP contribution is 2.10. The Bertz CT molecular complexity index is 560. The second kappa shape index (κ2) is 8.71. The molecule has 2 atom stereocenters. The number of aromatic hydroxyl groups is 1. The van der Waals surface area contributed by atoms with Gasteiger partial charge in [-0.25, -0.2) is 4.79 Å². The Hall–Kier alpha value is -2.65. The Labute approximate surface area is 132 Å². The molecule has 0 aliphatic carbocycles. The van der Waals surface area contributed by atoms with Crippen LogP contribution in [0.25, 0.3) is 0 Å². The van der Waals surface area contributed by atoms with Crippen LogP contribution in [-0.4, -0.2) is 58.3 Å². The predicted molar refractivity (Wildman–Crippen MR) is 79.4 cm³/mol. The summed E-state index contributed by atoms with van der Waals surface area (Å²) in [7, 11) is 0. The molecule has 9 heteroatoms. The van der Waals surface area contributed by atoms with Crippen LogP contribution in [0.4, 0.5) is 0 Å². The monoisotopic (exact) mass is 325 g/mol. The number of carbonyl (C=O) groups is 3. The number of aliphatic hydroxyl groups excluding tert-OH is 1. The molecular weight excluding hydrogens is 306 g/mol. The van der Waals surface area contributed by atoms with Gasteiger partial charge in [-0.15, -0.1) is 0 Å². The minimum atomic E-state index is -1.43. The van der Waals surface area contributed by atoms with Crippen LogP contribution in [0.3, 0.4) is 0 Å². The molecule has 0 aliphatic rings. The number of benzene rings is 1. The van der Waals surface area contributed by atoms with Crippen LogP contribution in [0.15, 0.2) is 24.3 Å². The molecule has 1 aromatic carbocycles. The maximum absolute atomic E-state index is 11.8. The molecule has 0 fully saturated rings. The molecular formula is C14H19N3O6. The smallest absolute Gasteiger partial charge is 0.328 e. The van der Waals surface area contributed by atoms with Gasteiger partial charge >= 0.3 is 5.97 Å². The van der Waals surface area contributed by atoms with Crippen LogP contribution in [-0.2, 0) is 20.8 Å². The summed E-state index contributed by atoms with van der Waals surface area (Å²) >= 11 is 0. The fraction of sp³-hybridized carbons (Fsp3) is 0.357. The molecule has 0 saturated heterocycles. The normalized spacial score (nSPS) is 13.0. The standard InChI is InChI=1S/C14H19N3O6/c15-10(5-8-1-3-9(19)4-2-8)13(21)16-6-12(20)17-11(7-18)14(22)23/h1-4,10-11,18-19H,5-7,15H2,(H,16,21)(H,17,20)(H,22,23)/t10-,11-/m0/s1. The van der Waals surface area contributed by atoms with E-state index in [0.29, 0.717) is 0 Å². The van der Waals surface area contributed by atoms with E-state index in [9.17, 15) is 14.4 Å². The number of aliphatic carboxylic acids is 1. The molecule has 0 aliphatic heterocycles. The highest BCUT2D eigenvalue weighted by Gasteiger charge is 2.20. The van der Waals surface area contributed by atoms with Crippen LogP contribution in [0.2, 0.25) is 0 Å². The third kappa shape index (κ3) is 6.32. The number of rotatable bonds is 8. The van der Waals surface area contributed by atoms with Crippen LogP contribution in [0, 0.1) is 0 Å². The lowest BCUT2D eigenvalue weighted by atomic mass is 10.1. The van der Waals surface area contributed by atoms with E-state index < -0.39 is 43.0 Å². The largest absolute Gasteiger partial charge is 0.508 e. The molecule has 1 aromatic rings. The molecule has 1 rings (SSSR count). The summed E-state index contributed by atoms with van der Waals surface area (Å²) in [4.78, 5) is 33.9. The number of aliphatic hydroxyl groups is 1. The highest BCUT2D eigenvalue weighted by molar-refractivity contribution is 5.89. The number of nitrogens with one attached hydrogen (secondary N) is 2. The summed E-state index contributed by atoms with van der Waals surface area (Å²) in [5.74, 6) is -2.61. The van der Waals surface area contributed by atoms with Gasteiger partial charge in [-0.2, -0.15) is 0 Å². The summed E-state index contributed by atoms with van der Waals surface area (Å²) in [6.45, 7) is -1.21. The van der Waals surface area contributed by atoms with Gasteiger partial charge in [-0.1, -0.05) is 12.1 Å². The van der Waals surface area contributed by atoms with E-state index in [1.54, 1.807) is 12.1 Å². The van der Waals surface area contributed by atoms with Gasteiger partial charge in [-0.3, -0.25) is 9.59 Å². The maximum Gasteiger partial charge on any atom is 0.328 e. The summed E-state index contributed by atoms with van der Waals surface area (Å²) in [5.41, 5.74) is 6.45. The van der Waals surface area contributed by atoms with Crippen molar-refractivity contribution in [3.05, 3.63) is 29.8 Å². The van der Waals surface area contributed by atoms with Crippen molar-refractivity contribution in [2.24, 2.45) is 5.73 Å². The molecule has 7 N–H and O–H groups in total. The van der Waals surface area contributed by atoms with E-state index >= 15 is 0 Å². The fourth-order valence-electron chi connectivity index (χ4n) is 1.71. The lowest BCUT2D eigenvalue weighted by Gasteiger charge is -2.14. The van der Waals surface area contributed by atoms with Crippen molar-refractivity contribution in [3.8, 4) is 5.75 Å². The van der Waals surface area contributed by atoms with Gasteiger partial charge in [-0.05, 0) is 24.1 Å². The Morgan fingerprint density at radius 1 is 1.17 bits per heavy atom. The molecule has 9 nitrogen and oxygen atoms in total. The Morgan fingerprint density at radius 2 is 1.78 bits per heavy atom. The van der Waals surface area contributed by atoms with Gasteiger partial charge in [0.2, 0.25) is 11.8 Å². The molecule has 126 valence electrons. The first-order chi connectivity index (χ1) is 10.8. The van der Waals surface area contributed by atoms with Crippen molar-refractivity contribution >= 4 is 17.8 Å². The summed E-state index contributed by atoms with van der Waals surface area (Å²) in [6, 6.07) is 3.84. The van der Waals surface area contributed by atoms with Crippen LogP contribution >= 0.6 is 0 Å².